The van der Waals surface area contributed by atoms with Crippen molar-refractivity contribution in [2.75, 3.05) is 6.61 Å². The van der Waals surface area contributed by atoms with Gasteiger partial charge in [0.2, 0.25) is 0 Å². The summed E-state index contributed by atoms with van der Waals surface area (Å²) < 4.78 is 0. The summed E-state index contributed by atoms with van der Waals surface area (Å²) in [5, 5.41) is 30.5. The Kier molecular flexibility index (Phi) is 3.54. The van der Waals surface area contributed by atoms with E-state index in [1.807, 2.05) is 13.8 Å². The molecular weight excluding hydrogens is 228 g/mol. The van der Waals surface area contributed by atoms with Crippen molar-refractivity contribution in [2.24, 2.45) is 17.3 Å². The average molecular weight is 256 g/mol. The van der Waals surface area contributed by atoms with Crippen LogP contribution in [0.3, 0.4) is 0 Å². The van der Waals surface area contributed by atoms with Crippen molar-refractivity contribution >= 4 is 0 Å². The van der Waals surface area contributed by atoms with Crippen LogP contribution in [0.2, 0.25) is 0 Å². The van der Waals surface area contributed by atoms with Crippen LogP contribution in [0.4, 0.5) is 0 Å². The number of aliphatic hydroxyl groups excluding tert-OH is 1. The number of aliphatic hydroxyl groups is 3. The first kappa shape index (κ1) is 14.3. The molecule has 0 saturated heterocycles. The van der Waals surface area contributed by atoms with E-state index in [2.05, 4.69) is 6.92 Å². The highest BCUT2D eigenvalue weighted by atomic mass is 16.3. The quantitative estimate of drug-likeness (QED) is 0.709. The molecule has 0 amide bonds. The zero-order valence-electron chi connectivity index (χ0n) is 11.9. The molecule has 0 bridgehead atoms. The predicted octanol–water partition coefficient (Wildman–Crippen LogP) is 2.09. The second kappa shape index (κ2) is 4.46. The zero-order chi connectivity index (χ0) is 13.6. The van der Waals surface area contributed by atoms with Crippen LogP contribution in [0.1, 0.15) is 59.3 Å². The molecule has 2 aliphatic carbocycles. The van der Waals surface area contributed by atoms with Crippen molar-refractivity contribution in [1.82, 2.24) is 0 Å². The molecule has 3 heteroatoms. The lowest BCUT2D eigenvalue weighted by Crippen LogP contribution is -2.56. The second-order valence-electron chi connectivity index (χ2n) is 7.45. The Hall–Kier alpha value is -0.120. The molecule has 0 unspecified atom stereocenters. The van der Waals surface area contributed by atoms with Crippen molar-refractivity contribution < 1.29 is 15.3 Å². The fourth-order valence-corrected chi connectivity index (χ4v) is 4.34. The summed E-state index contributed by atoms with van der Waals surface area (Å²) in [5.41, 5.74) is -1.48. The molecule has 106 valence electrons. The van der Waals surface area contributed by atoms with Gasteiger partial charge in [0.1, 0.15) is 0 Å². The van der Waals surface area contributed by atoms with Crippen molar-refractivity contribution in [3.8, 4) is 0 Å². The van der Waals surface area contributed by atoms with Gasteiger partial charge in [0.15, 0.2) is 0 Å². The Bertz CT molecular complexity index is 299. The molecule has 0 radical (unpaired) electrons. The molecule has 0 aromatic heterocycles. The van der Waals surface area contributed by atoms with Gasteiger partial charge in [0.25, 0.3) is 0 Å². The van der Waals surface area contributed by atoms with Crippen molar-refractivity contribution in [3.63, 3.8) is 0 Å². The van der Waals surface area contributed by atoms with E-state index in [1.54, 1.807) is 0 Å². The third-order valence-electron chi connectivity index (χ3n) is 5.70. The summed E-state index contributed by atoms with van der Waals surface area (Å²) in [4.78, 5) is 0. The largest absolute Gasteiger partial charge is 0.393 e. The Morgan fingerprint density at radius 3 is 2.44 bits per heavy atom. The third-order valence-corrected chi connectivity index (χ3v) is 5.70. The molecule has 4 atom stereocenters. The maximum Gasteiger partial charge on any atom is 0.0910 e. The number of fused-ring (bicyclic) bond motifs is 1. The van der Waals surface area contributed by atoms with Crippen LogP contribution in [-0.4, -0.2) is 33.1 Å². The molecule has 2 saturated carbocycles. The van der Waals surface area contributed by atoms with Gasteiger partial charge in [-0.15, -0.1) is 0 Å². The topological polar surface area (TPSA) is 60.7 Å². The zero-order valence-corrected chi connectivity index (χ0v) is 11.9. The van der Waals surface area contributed by atoms with Crippen LogP contribution in [0, 0.1) is 17.3 Å². The van der Waals surface area contributed by atoms with E-state index >= 15 is 0 Å². The molecule has 3 nitrogen and oxygen atoms in total. The molecular formula is C15H28O3. The smallest absolute Gasteiger partial charge is 0.0910 e. The van der Waals surface area contributed by atoms with Gasteiger partial charge in [-0.3, -0.25) is 0 Å². The normalized spacial score (nSPS) is 45.7. The van der Waals surface area contributed by atoms with Gasteiger partial charge in [-0.1, -0.05) is 6.92 Å². The summed E-state index contributed by atoms with van der Waals surface area (Å²) >= 11 is 0. The van der Waals surface area contributed by atoms with Gasteiger partial charge in [0.05, 0.1) is 17.8 Å². The lowest BCUT2D eigenvalue weighted by molar-refractivity contribution is -0.168. The lowest BCUT2D eigenvalue weighted by Gasteiger charge is -2.56. The minimum atomic E-state index is -0.934. The number of hydrogen-bond acceptors (Lipinski definition) is 3. The SMILES string of the molecule is CC(C)(O)[C@@H]1CC[C@@]2(C)CCC[C@@](O)(CO)[C@@H]2C1. The van der Waals surface area contributed by atoms with Crippen LogP contribution in [0.25, 0.3) is 0 Å². The predicted molar refractivity (Wildman–Crippen MR) is 71.1 cm³/mol. The highest BCUT2D eigenvalue weighted by molar-refractivity contribution is 5.04. The fraction of sp³-hybridized carbons (Fsp3) is 1.00. The standard InChI is InChI=1S/C15H28O3/c1-13(2,17)11-5-8-14(3)6-4-7-15(18,10-16)12(14)9-11/h11-12,16-18H,4-10H2,1-3H3/t11-,12-,14-,15-/m1/s1. The van der Waals surface area contributed by atoms with Crippen LogP contribution < -0.4 is 0 Å². The van der Waals surface area contributed by atoms with E-state index in [0.29, 0.717) is 6.42 Å². The summed E-state index contributed by atoms with van der Waals surface area (Å²) in [6.45, 7) is 5.83. The number of rotatable bonds is 2. The van der Waals surface area contributed by atoms with Gasteiger partial charge in [-0.25, -0.2) is 0 Å². The van der Waals surface area contributed by atoms with Gasteiger partial charge in [-0.05, 0) is 69.6 Å². The second-order valence-corrected chi connectivity index (χ2v) is 7.45. The molecule has 0 aliphatic heterocycles. The first-order chi connectivity index (χ1) is 8.21. The van der Waals surface area contributed by atoms with E-state index < -0.39 is 11.2 Å². The minimum Gasteiger partial charge on any atom is -0.393 e. The molecule has 3 N–H and O–H groups in total. The molecule has 18 heavy (non-hydrogen) atoms. The van der Waals surface area contributed by atoms with Gasteiger partial charge >= 0.3 is 0 Å². The molecule has 2 rings (SSSR count). The summed E-state index contributed by atoms with van der Waals surface area (Å²) in [6, 6.07) is 0. The van der Waals surface area contributed by atoms with Crippen LogP contribution in [0.15, 0.2) is 0 Å². The third kappa shape index (κ3) is 2.33. The Balaban J connectivity index is 2.23. The Morgan fingerprint density at radius 2 is 1.89 bits per heavy atom. The van der Waals surface area contributed by atoms with E-state index in [0.717, 1.165) is 32.1 Å². The monoisotopic (exact) mass is 256 g/mol. The molecule has 2 aliphatic rings. The van der Waals surface area contributed by atoms with E-state index in [4.69, 9.17) is 0 Å². The first-order valence-corrected chi connectivity index (χ1v) is 7.27. The molecule has 0 heterocycles. The lowest BCUT2D eigenvalue weighted by atomic mass is 9.52. The minimum absolute atomic E-state index is 0.119. The first-order valence-electron chi connectivity index (χ1n) is 7.27. The van der Waals surface area contributed by atoms with Crippen LogP contribution in [-0.2, 0) is 0 Å². The van der Waals surface area contributed by atoms with Crippen LogP contribution >= 0.6 is 0 Å². The highest BCUT2D eigenvalue weighted by Crippen LogP contribution is 2.56. The van der Waals surface area contributed by atoms with Gasteiger partial charge < -0.3 is 15.3 Å². The summed E-state index contributed by atoms with van der Waals surface area (Å²) in [7, 11) is 0. The van der Waals surface area contributed by atoms with E-state index in [9.17, 15) is 15.3 Å². The maximum absolute atomic E-state index is 10.7. The molecule has 2 fully saturated rings. The fourth-order valence-electron chi connectivity index (χ4n) is 4.34. The molecule has 0 aromatic carbocycles. The molecule has 0 aromatic rings. The van der Waals surface area contributed by atoms with Crippen LogP contribution in [0.5, 0.6) is 0 Å². The van der Waals surface area contributed by atoms with Crippen molar-refractivity contribution in [2.45, 2.75) is 70.5 Å². The summed E-state index contributed by atoms with van der Waals surface area (Å²) in [5.74, 6) is 0.348. The van der Waals surface area contributed by atoms with Gasteiger partial charge in [-0.2, -0.15) is 0 Å². The highest BCUT2D eigenvalue weighted by Gasteiger charge is 2.54. The Morgan fingerprint density at radius 1 is 1.22 bits per heavy atom. The Labute approximate surface area is 110 Å². The summed E-state index contributed by atoms with van der Waals surface area (Å²) in [6.07, 6.45) is 5.74. The van der Waals surface area contributed by atoms with E-state index in [1.165, 1.54) is 0 Å². The average Bonchev–Trinajstić information content (AvgIpc) is 2.27. The van der Waals surface area contributed by atoms with Crippen molar-refractivity contribution in [1.29, 1.82) is 0 Å². The number of hydrogen-bond donors (Lipinski definition) is 3. The van der Waals surface area contributed by atoms with E-state index in [-0.39, 0.29) is 23.9 Å². The van der Waals surface area contributed by atoms with Gasteiger partial charge in [0, 0.05) is 0 Å². The maximum atomic E-state index is 10.7. The molecule has 0 spiro atoms. The van der Waals surface area contributed by atoms with Crippen molar-refractivity contribution in [3.05, 3.63) is 0 Å².